The van der Waals surface area contributed by atoms with Gasteiger partial charge in [-0.1, -0.05) is 12.8 Å². The fraction of sp³-hybridized carbons (Fsp3) is 0.556. The predicted molar refractivity (Wildman–Crippen MR) is 97.7 cm³/mol. The molecule has 1 aliphatic heterocycles. The van der Waals surface area contributed by atoms with Crippen LogP contribution in [-0.2, 0) is 9.53 Å². The van der Waals surface area contributed by atoms with Crippen molar-refractivity contribution >= 4 is 17.9 Å². The molecule has 0 aliphatic carbocycles. The van der Waals surface area contributed by atoms with Gasteiger partial charge in [0.2, 0.25) is 5.91 Å². The first kappa shape index (κ1) is 21.7. The molecular formula is C18H24FN3O6. The highest BCUT2D eigenvalue weighted by atomic mass is 19.1. The predicted octanol–water partition coefficient (Wildman–Crippen LogP) is 1.58. The Labute approximate surface area is 161 Å². The van der Waals surface area contributed by atoms with E-state index in [9.17, 15) is 24.1 Å². The zero-order valence-corrected chi connectivity index (χ0v) is 15.4. The van der Waals surface area contributed by atoms with Crippen LogP contribution in [0.5, 0.6) is 5.75 Å². The normalized spacial score (nSPS) is 17.7. The molecule has 1 aromatic carbocycles. The number of primary amides is 1. The minimum Gasteiger partial charge on any atom is -0.487 e. The van der Waals surface area contributed by atoms with Gasteiger partial charge in [-0.25, -0.2) is 4.39 Å². The third-order valence-corrected chi connectivity index (χ3v) is 4.61. The van der Waals surface area contributed by atoms with E-state index in [1.807, 2.05) is 0 Å². The maximum atomic E-state index is 13.5. The second-order valence-corrected chi connectivity index (χ2v) is 6.50. The molecule has 0 bridgehead atoms. The van der Waals surface area contributed by atoms with Crippen molar-refractivity contribution in [1.29, 1.82) is 0 Å². The van der Waals surface area contributed by atoms with Crippen molar-refractivity contribution in [2.24, 2.45) is 11.7 Å². The van der Waals surface area contributed by atoms with Crippen LogP contribution in [0.1, 0.15) is 36.0 Å². The number of unbranched alkanes of at least 4 members (excludes halogenated alkanes) is 2. The second-order valence-electron chi connectivity index (χ2n) is 6.50. The molecule has 2 unspecified atom stereocenters. The summed E-state index contributed by atoms with van der Waals surface area (Å²) in [7, 11) is 0. The highest BCUT2D eigenvalue weighted by Gasteiger charge is 2.28. The molecule has 1 aliphatic rings. The summed E-state index contributed by atoms with van der Waals surface area (Å²) in [5.74, 6) is -1.88. The first-order valence-corrected chi connectivity index (χ1v) is 9.12. The molecule has 1 aromatic rings. The standard InChI is InChI=1S/C18H24FN3O6/c19-14-5-6-15(17(22(25)26)13(14)11-23)27-8-3-1-2-4-12(18(20)24)16-10-21-7-9-28-16/h5-6,11-12,16,21H,1-4,7-10H2,(H2,20,24). The quantitative estimate of drug-likeness (QED) is 0.250. The SMILES string of the molecule is NC(=O)C(CCCCCOc1ccc(F)c(C=O)c1[N+](=O)[O-])C1CNCCO1. The number of morpholine rings is 1. The van der Waals surface area contributed by atoms with E-state index in [2.05, 4.69) is 5.32 Å². The molecular weight excluding hydrogens is 373 g/mol. The van der Waals surface area contributed by atoms with Crippen molar-refractivity contribution in [2.75, 3.05) is 26.3 Å². The number of carbonyl (C=O) groups excluding carboxylic acids is 2. The van der Waals surface area contributed by atoms with Gasteiger partial charge < -0.3 is 20.5 Å². The van der Waals surface area contributed by atoms with Crippen LogP contribution in [0.2, 0.25) is 0 Å². The summed E-state index contributed by atoms with van der Waals surface area (Å²) in [4.78, 5) is 32.9. The van der Waals surface area contributed by atoms with Crippen molar-refractivity contribution in [3.63, 3.8) is 0 Å². The number of nitro benzene ring substituents is 1. The van der Waals surface area contributed by atoms with Gasteiger partial charge in [-0.2, -0.15) is 0 Å². The second kappa shape index (κ2) is 10.7. The van der Waals surface area contributed by atoms with E-state index in [0.717, 1.165) is 18.7 Å². The molecule has 0 spiro atoms. The Morgan fingerprint density at radius 1 is 1.46 bits per heavy atom. The van der Waals surface area contributed by atoms with Crippen LogP contribution >= 0.6 is 0 Å². The van der Waals surface area contributed by atoms with E-state index in [1.165, 1.54) is 0 Å². The Kier molecular flexibility index (Phi) is 8.27. The molecule has 10 heteroatoms. The van der Waals surface area contributed by atoms with Crippen LogP contribution in [0.4, 0.5) is 10.1 Å². The number of nitrogens with two attached hydrogens (primary N) is 1. The molecule has 1 fully saturated rings. The van der Waals surface area contributed by atoms with Crippen LogP contribution in [0.25, 0.3) is 0 Å². The Morgan fingerprint density at radius 3 is 2.86 bits per heavy atom. The zero-order valence-electron chi connectivity index (χ0n) is 15.4. The van der Waals surface area contributed by atoms with Gasteiger partial charge in [0.05, 0.1) is 30.2 Å². The van der Waals surface area contributed by atoms with E-state index >= 15 is 0 Å². The number of nitro groups is 1. The smallest absolute Gasteiger partial charge is 0.324 e. The molecule has 0 radical (unpaired) electrons. The number of nitrogens with zero attached hydrogens (tertiary/aromatic N) is 1. The molecule has 3 N–H and O–H groups in total. The van der Waals surface area contributed by atoms with E-state index in [1.54, 1.807) is 0 Å². The number of rotatable bonds is 11. The monoisotopic (exact) mass is 397 g/mol. The summed E-state index contributed by atoms with van der Waals surface area (Å²) in [6.07, 6.45) is 2.44. The van der Waals surface area contributed by atoms with Gasteiger partial charge in [-0.3, -0.25) is 19.7 Å². The molecule has 28 heavy (non-hydrogen) atoms. The fourth-order valence-corrected chi connectivity index (χ4v) is 3.16. The third-order valence-electron chi connectivity index (χ3n) is 4.61. The molecule has 154 valence electrons. The van der Waals surface area contributed by atoms with Gasteiger partial charge >= 0.3 is 5.69 Å². The minimum absolute atomic E-state index is 0.104. The molecule has 1 amide bonds. The first-order chi connectivity index (χ1) is 13.5. The minimum atomic E-state index is -0.967. The molecule has 1 saturated heterocycles. The lowest BCUT2D eigenvalue weighted by Crippen LogP contribution is -2.46. The largest absolute Gasteiger partial charge is 0.487 e. The van der Waals surface area contributed by atoms with Crippen LogP contribution in [0, 0.1) is 21.8 Å². The van der Waals surface area contributed by atoms with Crippen molar-refractivity contribution in [3.05, 3.63) is 33.6 Å². The van der Waals surface area contributed by atoms with Gasteiger partial charge in [-0.05, 0) is 25.0 Å². The van der Waals surface area contributed by atoms with Crippen LogP contribution in [0.15, 0.2) is 12.1 Å². The number of benzene rings is 1. The number of halogens is 1. The Morgan fingerprint density at radius 2 is 2.25 bits per heavy atom. The fourth-order valence-electron chi connectivity index (χ4n) is 3.16. The van der Waals surface area contributed by atoms with Gasteiger partial charge in [0.1, 0.15) is 11.4 Å². The van der Waals surface area contributed by atoms with Crippen LogP contribution in [0.3, 0.4) is 0 Å². The van der Waals surface area contributed by atoms with Crippen molar-refractivity contribution in [2.45, 2.75) is 31.8 Å². The molecule has 0 aromatic heterocycles. The number of hydrogen-bond acceptors (Lipinski definition) is 7. The molecule has 0 saturated carbocycles. The third kappa shape index (κ3) is 5.70. The summed E-state index contributed by atoms with van der Waals surface area (Å²) in [5.41, 5.74) is 4.17. The van der Waals surface area contributed by atoms with E-state index in [4.69, 9.17) is 15.2 Å². The van der Waals surface area contributed by atoms with E-state index < -0.39 is 27.9 Å². The average Bonchev–Trinajstić information content (AvgIpc) is 2.68. The van der Waals surface area contributed by atoms with Gasteiger partial charge in [0.25, 0.3) is 0 Å². The Balaban J connectivity index is 1.80. The summed E-state index contributed by atoms with van der Waals surface area (Å²) in [6, 6.07) is 2.10. The van der Waals surface area contributed by atoms with Crippen molar-refractivity contribution in [3.8, 4) is 5.75 Å². The van der Waals surface area contributed by atoms with Crippen LogP contribution < -0.4 is 15.8 Å². The number of nitrogens with one attached hydrogen (secondary N) is 1. The van der Waals surface area contributed by atoms with Crippen molar-refractivity contribution in [1.82, 2.24) is 5.32 Å². The number of ether oxygens (including phenoxy) is 2. The number of carbonyl (C=O) groups is 2. The molecule has 1 heterocycles. The Bertz CT molecular complexity index is 709. The molecule has 9 nitrogen and oxygen atoms in total. The lowest BCUT2D eigenvalue weighted by Gasteiger charge is -2.29. The van der Waals surface area contributed by atoms with E-state index in [-0.39, 0.29) is 30.7 Å². The highest BCUT2D eigenvalue weighted by molar-refractivity contribution is 5.84. The molecule has 2 atom stereocenters. The molecule has 2 rings (SSSR count). The van der Waals surface area contributed by atoms with Gasteiger partial charge in [0, 0.05) is 13.1 Å². The lowest BCUT2D eigenvalue weighted by atomic mass is 9.94. The Hall–Kier alpha value is -2.59. The van der Waals surface area contributed by atoms with Gasteiger partial charge in [0.15, 0.2) is 12.0 Å². The number of hydrogen-bond donors (Lipinski definition) is 2. The summed E-state index contributed by atoms with van der Waals surface area (Å²) < 4.78 is 24.5. The van der Waals surface area contributed by atoms with Crippen molar-refractivity contribution < 1.29 is 28.4 Å². The summed E-state index contributed by atoms with van der Waals surface area (Å²) in [5, 5.41) is 14.3. The van der Waals surface area contributed by atoms with E-state index in [0.29, 0.717) is 38.8 Å². The summed E-state index contributed by atoms with van der Waals surface area (Å²) >= 11 is 0. The number of amides is 1. The topological polar surface area (TPSA) is 134 Å². The lowest BCUT2D eigenvalue weighted by molar-refractivity contribution is -0.386. The first-order valence-electron chi connectivity index (χ1n) is 9.12. The maximum Gasteiger partial charge on any atom is 0.324 e. The average molecular weight is 397 g/mol. The number of aldehydes is 1. The summed E-state index contributed by atoms with van der Waals surface area (Å²) in [6.45, 7) is 2.04. The maximum absolute atomic E-state index is 13.5. The van der Waals surface area contributed by atoms with Crippen LogP contribution in [-0.4, -0.2) is 49.5 Å². The highest BCUT2D eigenvalue weighted by Crippen LogP contribution is 2.32. The zero-order chi connectivity index (χ0) is 20.5. The van der Waals surface area contributed by atoms with Gasteiger partial charge in [-0.15, -0.1) is 0 Å².